The Bertz CT molecular complexity index is 1490. The normalized spacial score (nSPS) is 17.9. The van der Waals surface area contributed by atoms with Crippen molar-refractivity contribution in [3.63, 3.8) is 0 Å². The van der Waals surface area contributed by atoms with E-state index in [9.17, 15) is 9.18 Å². The number of pyridine rings is 2. The number of anilines is 1. The second-order valence-corrected chi connectivity index (χ2v) is 11.5. The number of nitrogens with one attached hydrogen (secondary N) is 2. The summed E-state index contributed by atoms with van der Waals surface area (Å²) in [6.07, 6.45) is 7.45. The van der Waals surface area contributed by atoms with Crippen molar-refractivity contribution < 1.29 is 18.7 Å². The summed E-state index contributed by atoms with van der Waals surface area (Å²) in [5.41, 5.74) is 3.18. The van der Waals surface area contributed by atoms with E-state index in [1.807, 2.05) is 12.3 Å². The first-order valence-electron chi connectivity index (χ1n) is 13.7. The van der Waals surface area contributed by atoms with Crippen LogP contribution in [0.4, 0.5) is 14.9 Å². The number of aromatic nitrogens is 2. The summed E-state index contributed by atoms with van der Waals surface area (Å²) in [7, 11) is 0. The lowest BCUT2D eigenvalue weighted by molar-refractivity contribution is 0.000734. The SMILES string of the molecule is CCC1CCCN(Cc2ccc(-c3cc4nccc(Oc5ccc(NC(=O)NC6COC6)cc5F)c4s3)nc2)C1. The molecule has 2 amide bonds. The topological polar surface area (TPSA) is 88.6 Å². The Morgan fingerprint density at radius 1 is 1.18 bits per heavy atom. The van der Waals surface area contributed by atoms with Crippen LogP contribution in [0.5, 0.6) is 11.5 Å². The summed E-state index contributed by atoms with van der Waals surface area (Å²) in [4.78, 5) is 24.8. The molecule has 6 rings (SSSR count). The van der Waals surface area contributed by atoms with Gasteiger partial charge < -0.3 is 20.1 Å². The standard InChI is InChI=1S/C30H32FN5O3S/c1-2-19-4-3-11-36(15-19)16-20-5-7-24(33-14-20)28-13-25-29(40-28)27(9-10-32-25)39-26-8-6-21(12-23(26)31)34-30(37)35-22-17-38-18-22/h5-10,12-14,19,22H,2-4,11,15-18H2,1H3,(H2,34,35,37). The van der Waals surface area contributed by atoms with Crippen molar-refractivity contribution in [2.75, 3.05) is 31.6 Å². The van der Waals surface area contributed by atoms with Crippen LogP contribution in [0, 0.1) is 11.7 Å². The number of amides is 2. The molecule has 10 heteroatoms. The summed E-state index contributed by atoms with van der Waals surface area (Å²) in [6, 6.07) is 11.8. The van der Waals surface area contributed by atoms with Gasteiger partial charge in [0, 0.05) is 43.3 Å². The largest absolute Gasteiger partial charge is 0.453 e. The summed E-state index contributed by atoms with van der Waals surface area (Å²) >= 11 is 1.51. The number of piperidine rings is 1. The second-order valence-electron chi connectivity index (χ2n) is 10.4. The van der Waals surface area contributed by atoms with E-state index in [2.05, 4.69) is 39.6 Å². The maximum Gasteiger partial charge on any atom is 0.319 e. The minimum absolute atomic E-state index is 0.0152. The van der Waals surface area contributed by atoms with Gasteiger partial charge in [0.2, 0.25) is 0 Å². The molecule has 0 aliphatic carbocycles. The van der Waals surface area contributed by atoms with Crippen LogP contribution in [0.1, 0.15) is 31.7 Å². The average molecular weight is 562 g/mol. The molecule has 2 aliphatic rings. The van der Waals surface area contributed by atoms with Gasteiger partial charge in [-0.3, -0.25) is 14.9 Å². The Labute approximate surface area is 236 Å². The van der Waals surface area contributed by atoms with E-state index in [0.717, 1.165) is 46.3 Å². The molecule has 1 unspecified atom stereocenters. The summed E-state index contributed by atoms with van der Waals surface area (Å²) < 4.78 is 26.7. The quantitative estimate of drug-likeness (QED) is 0.258. The number of likely N-dealkylation sites (tertiary alicyclic amines) is 1. The third-order valence-corrected chi connectivity index (χ3v) is 8.58. The fourth-order valence-electron chi connectivity index (χ4n) is 5.12. The number of carbonyl (C=O) groups is 1. The number of hydrogen-bond donors (Lipinski definition) is 2. The highest BCUT2D eigenvalue weighted by Gasteiger charge is 2.21. The van der Waals surface area contributed by atoms with Crippen LogP contribution >= 0.6 is 11.3 Å². The molecule has 8 nitrogen and oxygen atoms in total. The Hall–Kier alpha value is -3.60. The number of fused-ring (bicyclic) bond motifs is 1. The molecule has 5 heterocycles. The lowest BCUT2D eigenvalue weighted by Crippen LogP contribution is -2.49. The van der Waals surface area contributed by atoms with E-state index >= 15 is 0 Å². The number of hydrogen-bond acceptors (Lipinski definition) is 7. The Morgan fingerprint density at radius 3 is 2.83 bits per heavy atom. The Kier molecular flexibility index (Phi) is 7.90. The van der Waals surface area contributed by atoms with Gasteiger partial charge in [0.15, 0.2) is 11.6 Å². The first kappa shape index (κ1) is 26.6. The minimum Gasteiger partial charge on any atom is -0.453 e. The fraction of sp³-hybridized carbons (Fsp3) is 0.367. The molecule has 2 fully saturated rings. The monoisotopic (exact) mass is 561 g/mol. The summed E-state index contributed by atoms with van der Waals surface area (Å²) in [6.45, 7) is 6.48. The van der Waals surface area contributed by atoms with Gasteiger partial charge in [-0.1, -0.05) is 19.4 Å². The molecule has 0 saturated carbocycles. The number of halogens is 1. The number of benzene rings is 1. The maximum atomic E-state index is 14.9. The molecule has 0 bridgehead atoms. The van der Waals surface area contributed by atoms with Gasteiger partial charge in [-0.05, 0) is 55.1 Å². The van der Waals surface area contributed by atoms with Crippen LogP contribution in [0.15, 0.2) is 54.9 Å². The van der Waals surface area contributed by atoms with Crippen molar-refractivity contribution in [3.05, 3.63) is 66.2 Å². The molecule has 0 radical (unpaired) electrons. The number of carbonyl (C=O) groups excluding carboxylic acids is 1. The number of thiophene rings is 1. The van der Waals surface area contributed by atoms with Crippen LogP contribution in [0.25, 0.3) is 20.8 Å². The van der Waals surface area contributed by atoms with Gasteiger partial charge in [0.05, 0.1) is 40.0 Å². The first-order chi connectivity index (χ1) is 19.5. The van der Waals surface area contributed by atoms with Gasteiger partial charge in [-0.15, -0.1) is 11.3 Å². The predicted molar refractivity (Wildman–Crippen MR) is 154 cm³/mol. The highest BCUT2D eigenvalue weighted by molar-refractivity contribution is 7.22. The van der Waals surface area contributed by atoms with Crippen molar-refractivity contribution in [3.8, 4) is 22.1 Å². The molecule has 2 aliphatic heterocycles. The zero-order valence-corrected chi connectivity index (χ0v) is 23.2. The van der Waals surface area contributed by atoms with E-state index in [0.29, 0.717) is 24.7 Å². The van der Waals surface area contributed by atoms with E-state index in [1.54, 1.807) is 18.3 Å². The third kappa shape index (κ3) is 6.09. The van der Waals surface area contributed by atoms with Crippen LogP contribution in [0.2, 0.25) is 0 Å². The molecule has 0 spiro atoms. The zero-order chi connectivity index (χ0) is 27.5. The minimum atomic E-state index is -0.581. The summed E-state index contributed by atoms with van der Waals surface area (Å²) in [5.74, 6) is 0.787. The van der Waals surface area contributed by atoms with Crippen LogP contribution < -0.4 is 15.4 Å². The average Bonchev–Trinajstić information content (AvgIpc) is 3.38. The van der Waals surface area contributed by atoms with Crippen molar-refractivity contribution in [2.24, 2.45) is 5.92 Å². The van der Waals surface area contributed by atoms with Gasteiger partial charge in [-0.25, -0.2) is 9.18 Å². The highest BCUT2D eigenvalue weighted by atomic mass is 32.1. The summed E-state index contributed by atoms with van der Waals surface area (Å²) in [5, 5.41) is 5.39. The van der Waals surface area contributed by atoms with Gasteiger partial charge in [0.25, 0.3) is 0 Å². The predicted octanol–water partition coefficient (Wildman–Crippen LogP) is 6.43. The number of urea groups is 1. The molecular weight excluding hydrogens is 529 g/mol. The van der Waals surface area contributed by atoms with E-state index in [1.165, 1.54) is 48.3 Å². The zero-order valence-electron chi connectivity index (χ0n) is 22.4. The van der Waals surface area contributed by atoms with Crippen molar-refractivity contribution in [1.82, 2.24) is 20.2 Å². The molecule has 40 heavy (non-hydrogen) atoms. The first-order valence-corrected chi connectivity index (χ1v) is 14.5. The molecule has 2 N–H and O–H groups in total. The van der Waals surface area contributed by atoms with Gasteiger partial charge in [0.1, 0.15) is 5.75 Å². The molecule has 208 valence electrons. The van der Waals surface area contributed by atoms with Crippen LogP contribution in [0.3, 0.4) is 0 Å². The molecule has 2 saturated heterocycles. The number of nitrogens with zero attached hydrogens (tertiary/aromatic N) is 3. The van der Waals surface area contributed by atoms with E-state index in [-0.39, 0.29) is 11.8 Å². The fourth-order valence-corrected chi connectivity index (χ4v) is 6.17. The number of rotatable bonds is 8. The molecule has 1 aromatic carbocycles. The number of ether oxygens (including phenoxy) is 2. The lowest BCUT2D eigenvalue weighted by atomic mass is 9.95. The van der Waals surface area contributed by atoms with E-state index in [4.69, 9.17) is 14.5 Å². The smallest absolute Gasteiger partial charge is 0.319 e. The van der Waals surface area contributed by atoms with Crippen LogP contribution in [-0.2, 0) is 11.3 Å². The maximum absolute atomic E-state index is 14.9. The molecular formula is C30H32FN5O3S. The van der Waals surface area contributed by atoms with Crippen molar-refractivity contribution in [1.29, 1.82) is 0 Å². The Morgan fingerprint density at radius 2 is 2.08 bits per heavy atom. The third-order valence-electron chi connectivity index (χ3n) is 7.42. The molecule has 1 atom stereocenters. The Balaban J connectivity index is 1.14. The lowest BCUT2D eigenvalue weighted by Gasteiger charge is -2.32. The van der Waals surface area contributed by atoms with E-state index < -0.39 is 11.8 Å². The molecule has 4 aromatic rings. The van der Waals surface area contributed by atoms with Gasteiger partial charge in [-0.2, -0.15) is 0 Å². The van der Waals surface area contributed by atoms with Crippen molar-refractivity contribution >= 4 is 33.3 Å². The second kappa shape index (κ2) is 11.9. The van der Waals surface area contributed by atoms with Crippen LogP contribution in [-0.4, -0.2) is 53.2 Å². The molecule has 3 aromatic heterocycles. The van der Waals surface area contributed by atoms with Crippen molar-refractivity contribution in [2.45, 2.75) is 38.8 Å². The highest BCUT2D eigenvalue weighted by Crippen LogP contribution is 2.39. The van der Waals surface area contributed by atoms with Gasteiger partial charge >= 0.3 is 6.03 Å².